The summed E-state index contributed by atoms with van der Waals surface area (Å²) in [6.07, 6.45) is 0. The lowest BCUT2D eigenvalue weighted by atomic mass is 10.2. The van der Waals surface area contributed by atoms with Crippen LogP contribution in [0.5, 0.6) is 5.75 Å². The summed E-state index contributed by atoms with van der Waals surface area (Å²) in [5, 5.41) is 1.05. The average molecular weight is 312 g/mol. The SMILES string of the molecule is CCN(CC)c1ccc2nc(-c3ccc(OC)cc3)sc2c1. The second kappa shape index (κ2) is 6.36. The summed E-state index contributed by atoms with van der Waals surface area (Å²) >= 11 is 1.74. The maximum absolute atomic E-state index is 5.21. The van der Waals surface area contributed by atoms with Crippen LogP contribution < -0.4 is 9.64 Å². The van der Waals surface area contributed by atoms with Crippen LogP contribution in [0.15, 0.2) is 42.5 Å². The minimum absolute atomic E-state index is 0.869. The molecule has 2 aromatic carbocycles. The van der Waals surface area contributed by atoms with Crippen LogP contribution >= 0.6 is 11.3 Å². The van der Waals surface area contributed by atoms with E-state index in [9.17, 15) is 0 Å². The number of nitrogens with zero attached hydrogens (tertiary/aromatic N) is 2. The molecule has 0 N–H and O–H groups in total. The second-order valence-electron chi connectivity index (χ2n) is 5.07. The van der Waals surface area contributed by atoms with Crippen molar-refractivity contribution in [3.63, 3.8) is 0 Å². The van der Waals surface area contributed by atoms with Gasteiger partial charge in [-0.2, -0.15) is 0 Å². The van der Waals surface area contributed by atoms with E-state index in [0.717, 1.165) is 34.9 Å². The summed E-state index contributed by atoms with van der Waals surface area (Å²) in [6.45, 7) is 6.41. The van der Waals surface area contributed by atoms with Crippen LogP contribution in [0.25, 0.3) is 20.8 Å². The van der Waals surface area contributed by atoms with Gasteiger partial charge >= 0.3 is 0 Å². The molecule has 3 aromatic rings. The Morgan fingerprint density at radius 1 is 1.05 bits per heavy atom. The first-order valence-electron chi connectivity index (χ1n) is 7.55. The summed E-state index contributed by atoms with van der Waals surface area (Å²) in [7, 11) is 1.68. The van der Waals surface area contributed by atoms with E-state index in [1.807, 2.05) is 12.1 Å². The van der Waals surface area contributed by atoms with Crippen LogP contribution in [0.4, 0.5) is 5.69 Å². The summed E-state index contributed by atoms with van der Waals surface area (Å²) in [5.41, 5.74) is 3.46. The van der Waals surface area contributed by atoms with Crippen molar-refractivity contribution < 1.29 is 4.74 Å². The Bertz CT molecular complexity index is 760. The zero-order chi connectivity index (χ0) is 15.5. The average Bonchev–Trinajstić information content (AvgIpc) is 2.99. The van der Waals surface area contributed by atoms with Gasteiger partial charge in [-0.25, -0.2) is 4.98 Å². The maximum Gasteiger partial charge on any atom is 0.124 e. The molecule has 0 unspecified atom stereocenters. The number of hydrogen-bond acceptors (Lipinski definition) is 4. The highest BCUT2D eigenvalue weighted by molar-refractivity contribution is 7.21. The molecule has 1 heterocycles. The Labute approximate surface area is 135 Å². The number of thiazole rings is 1. The predicted octanol–water partition coefficient (Wildman–Crippen LogP) is 4.82. The highest BCUT2D eigenvalue weighted by Gasteiger charge is 2.09. The van der Waals surface area contributed by atoms with Crippen molar-refractivity contribution >= 4 is 27.2 Å². The number of benzene rings is 2. The molecule has 0 aliphatic carbocycles. The number of fused-ring (bicyclic) bond motifs is 1. The van der Waals surface area contributed by atoms with E-state index in [1.165, 1.54) is 10.4 Å². The molecule has 22 heavy (non-hydrogen) atoms. The van der Waals surface area contributed by atoms with Crippen LogP contribution in [-0.2, 0) is 0 Å². The van der Waals surface area contributed by atoms with E-state index in [-0.39, 0.29) is 0 Å². The number of hydrogen-bond donors (Lipinski definition) is 0. The smallest absolute Gasteiger partial charge is 0.124 e. The van der Waals surface area contributed by atoms with Crippen molar-refractivity contribution in [2.24, 2.45) is 0 Å². The molecule has 0 spiro atoms. The molecule has 0 aliphatic heterocycles. The topological polar surface area (TPSA) is 25.4 Å². The van der Waals surface area contributed by atoms with E-state index in [2.05, 4.69) is 49.1 Å². The van der Waals surface area contributed by atoms with Gasteiger partial charge in [0.1, 0.15) is 10.8 Å². The van der Waals surface area contributed by atoms with E-state index >= 15 is 0 Å². The third-order valence-corrected chi connectivity index (χ3v) is 4.90. The van der Waals surface area contributed by atoms with Gasteiger partial charge < -0.3 is 9.64 Å². The van der Waals surface area contributed by atoms with Crippen LogP contribution in [0.2, 0.25) is 0 Å². The first kappa shape index (κ1) is 14.9. The summed E-state index contributed by atoms with van der Waals surface area (Å²) in [5.74, 6) is 0.869. The normalized spacial score (nSPS) is 10.9. The van der Waals surface area contributed by atoms with E-state index in [1.54, 1.807) is 18.4 Å². The van der Waals surface area contributed by atoms with Gasteiger partial charge in [-0.05, 0) is 56.3 Å². The van der Waals surface area contributed by atoms with E-state index in [0.29, 0.717) is 0 Å². The highest BCUT2D eigenvalue weighted by Crippen LogP contribution is 2.33. The fourth-order valence-corrected chi connectivity index (χ4v) is 3.56. The molecule has 1 aromatic heterocycles. The molecule has 3 nitrogen and oxygen atoms in total. The molecule has 0 atom stereocenters. The Morgan fingerprint density at radius 2 is 1.77 bits per heavy atom. The van der Waals surface area contributed by atoms with Gasteiger partial charge in [0.25, 0.3) is 0 Å². The van der Waals surface area contributed by atoms with Crippen molar-refractivity contribution in [1.82, 2.24) is 4.98 Å². The van der Waals surface area contributed by atoms with E-state index < -0.39 is 0 Å². The lowest BCUT2D eigenvalue weighted by Crippen LogP contribution is -2.21. The van der Waals surface area contributed by atoms with Crippen molar-refractivity contribution in [2.45, 2.75) is 13.8 Å². The zero-order valence-corrected chi connectivity index (χ0v) is 14.0. The van der Waals surface area contributed by atoms with E-state index in [4.69, 9.17) is 9.72 Å². The zero-order valence-electron chi connectivity index (χ0n) is 13.2. The molecule has 0 saturated heterocycles. The second-order valence-corrected chi connectivity index (χ2v) is 6.10. The molecular formula is C18H20N2OS. The van der Waals surface area contributed by atoms with Gasteiger partial charge in [0.15, 0.2) is 0 Å². The van der Waals surface area contributed by atoms with Crippen molar-refractivity contribution in [2.75, 3.05) is 25.1 Å². The number of aromatic nitrogens is 1. The number of anilines is 1. The molecular weight excluding hydrogens is 292 g/mol. The van der Waals surface area contributed by atoms with Crippen LogP contribution in [0, 0.1) is 0 Å². The quantitative estimate of drug-likeness (QED) is 0.675. The minimum Gasteiger partial charge on any atom is -0.497 e. The highest BCUT2D eigenvalue weighted by atomic mass is 32.1. The number of methoxy groups -OCH3 is 1. The van der Waals surface area contributed by atoms with Crippen molar-refractivity contribution in [3.05, 3.63) is 42.5 Å². The molecule has 0 saturated carbocycles. The third-order valence-electron chi connectivity index (χ3n) is 3.84. The number of rotatable bonds is 5. The Balaban J connectivity index is 1.98. The standard InChI is InChI=1S/C18H20N2OS/c1-4-20(5-2)14-8-11-16-17(12-14)22-18(19-16)13-6-9-15(21-3)10-7-13/h6-12H,4-5H2,1-3H3. The number of ether oxygens (including phenoxy) is 1. The molecule has 114 valence electrons. The van der Waals surface area contributed by atoms with Crippen molar-refractivity contribution in [3.8, 4) is 16.3 Å². The lowest BCUT2D eigenvalue weighted by Gasteiger charge is -2.20. The summed E-state index contributed by atoms with van der Waals surface area (Å²) in [4.78, 5) is 7.10. The lowest BCUT2D eigenvalue weighted by molar-refractivity contribution is 0.415. The monoisotopic (exact) mass is 312 g/mol. The van der Waals surface area contributed by atoms with Gasteiger partial charge in [-0.15, -0.1) is 11.3 Å². The molecule has 0 amide bonds. The van der Waals surface area contributed by atoms with Gasteiger partial charge in [0.2, 0.25) is 0 Å². The third kappa shape index (κ3) is 2.79. The largest absolute Gasteiger partial charge is 0.497 e. The first-order chi connectivity index (χ1) is 10.7. The van der Waals surface area contributed by atoms with Crippen molar-refractivity contribution in [1.29, 1.82) is 0 Å². The van der Waals surface area contributed by atoms with Crippen LogP contribution in [0.3, 0.4) is 0 Å². The van der Waals surface area contributed by atoms with Crippen LogP contribution in [0.1, 0.15) is 13.8 Å². The summed E-state index contributed by atoms with van der Waals surface area (Å²) in [6, 6.07) is 14.6. The summed E-state index contributed by atoms with van der Waals surface area (Å²) < 4.78 is 6.44. The first-order valence-corrected chi connectivity index (χ1v) is 8.36. The molecule has 0 radical (unpaired) electrons. The fraction of sp³-hybridized carbons (Fsp3) is 0.278. The molecule has 0 bridgehead atoms. The van der Waals surface area contributed by atoms with Gasteiger partial charge in [0.05, 0.1) is 17.3 Å². The fourth-order valence-electron chi connectivity index (χ4n) is 2.56. The minimum atomic E-state index is 0.869. The molecule has 0 aliphatic rings. The maximum atomic E-state index is 5.21. The predicted molar refractivity (Wildman–Crippen MR) is 95.2 cm³/mol. The van der Waals surface area contributed by atoms with Crippen LogP contribution in [-0.4, -0.2) is 25.2 Å². The molecule has 0 fully saturated rings. The molecule has 4 heteroatoms. The van der Waals surface area contributed by atoms with Gasteiger partial charge in [0, 0.05) is 24.3 Å². The van der Waals surface area contributed by atoms with Gasteiger partial charge in [-0.1, -0.05) is 0 Å². The Morgan fingerprint density at radius 3 is 2.41 bits per heavy atom. The van der Waals surface area contributed by atoms with Gasteiger partial charge in [-0.3, -0.25) is 0 Å². The Kier molecular flexibility index (Phi) is 4.29. The molecule has 3 rings (SSSR count). The Hall–Kier alpha value is -2.07.